The SMILES string of the molecule is Cc1ccc(-n2c(SCC(=O)N/N=C\c3ccc(C(C)C)cc3)nnc2-c2ccncc2)cc1. The van der Waals surface area contributed by atoms with Crippen molar-refractivity contribution < 1.29 is 4.79 Å². The van der Waals surface area contributed by atoms with E-state index >= 15 is 0 Å². The van der Waals surface area contributed by atoms with Crippen molar-refractivity contribution >= 4 is 23.9 Å². The zero-order valence-electron chi connectivity index (χ0n) is 19.3. The molecule has 34 heavy (non-hydrogen) atoms. The molecule has 2 heterocycles. The quantitative estimate of drug-likeness (QED) is 0.222. The van der Waals surface area contributed by atoms with Crippen molar-refractivity contribution in [3.8, 4) is 17.1 Å². The molecule has 8 heteroatoms. The molecule has 0 atom stereocenters. The van der Waals surface area contributed by atoms with Crippen LogP contribution in [0, 0.1) is 6.92 Å². The number of carbonyl (C=O) groups is 1. The maximum absolute atomic E-state index is 12.4. The van der Waals surface area contributed by atoms with Crippen LogP contribution in [0.15, 0.2) is 83.3 Å². The van der Waals surface area contributed by atoms with Crippen LogP contribution in [0.2, 0.25) is 0 Å². The first-order chi connectivity index (χ1) is 16.5. The van der Waals surface area contributed by atoms with Crippen LogP contribution in [0.5, 0.6) is 0 Å². The van der Waals surface area contributed by atoms with E-state index in [1.807, 2.05) is 60.0 Å². The van der Waals surface area contributed by atoms with Crippen molar-refractivity contribution in [2.45, 2.75) is 31.8 Å². The van der Waals surface area contributed by atoms with Crippen LogP contribution in [0.3, 0.4) is 0 Å². The number of amides is 1. The van der Waals surface area contributed by atoms with Gasteiger partial charge >= 0.3 is 0 Å². The first kappa shape index (κ1) is 23.4. The minimum atomic E-state index is -0.219. The van der Waals surface area contributed by atoms with E-state index in [-0.39, 0.29) is 11.7 Å². The topological polar surface area (TPSA) is 85.1 Å². The van der Waals surface area contributed by atoms with Gasteiger partial charge in [-0.2, -0.15) is 5.10 Å². The number of aryl methyl sites for hydroxylation is 1. The maximum atomic E-state index is 12.4. The van der Waals surface area contributed by atoms with E-state index in [9.17, 15) is 4.79 Å². The second-order valence-corrected chi connectivity index (χ2v) is 9.06. The fraction of sp³-hybridized carbons (Fsp3) is 0.192. The standard InChI is InChI=1S/C26H26N6OS/c1-18(2)21-8-6-20(7-9-21)16-28-29-24(33)17-34-26-31-30-25(22-12-14-27-15-13-22)32(26)23-10-4-19(3)5-11-23/h4-16,18H,17H2,1-3H3,(H,29,33)/b28-16-. The number of carbonyl (C=O) groups excluding carboxylic acids is 1. The molecule has 4 aromatic rings. The molecule has 2 aromatic heterocycles. The Hall–Kier alpha value is -3.78. The average molecular weight is 471 g/mol. The predicted molar refractivity (Wildman–Crippen MR) is 136 cm³/mol. The molecule has 2 aromatic carbocycles. The third-order valence-electron chi connectivity index (χ3n) is 5.20. The summed E-state index contributed by atoms with van der Waals surface area (Å²) in [5.41, 5.74) is 7.76. The highest BCUT2D eigenvalue weighted by molar-refractivity contribution is 7.99. The molecule has 0 bridgehead atoms. The van der Waals surface area contributed by atoms with Crippen molar-refractivity contribution in [3.63, 3.8) is 0 Å². The number of hydrogen-bond acceptors (Lipinski definition) is 6. The largest absolute Gasteiger partial charge is 0.272 e. The van der Waals surface area contributed by atoms with Gasteiger partial charge in [0.05, 0.1) is 12.0 Å². The second kappa shape index (κ2) is 10.9. The van der Waals surface area contributed by atoms with E-state index < -0.39 is 0 Å². The zero-order chi connectivity index (χ0) is 23.9. The number of nitrogens with zero attached hydrogens (tertiary/aromatic N) is 5. The minimum Gasteiger partial charge on any atom is -0.272 e. The lowest BCUT2D eigenvalue weighted by molar-refractivity contribution is -0.118. The van der Waals surface area contributed by atoms with Crippen LogP contribution >= 0.6 is 11.8 Å². The molecule has 0 aliphatic carbocycles. The van der Waals surface area contributed by atoms with Gasteiger partial charge in [0.1, 0.15) is 0 Å². The Morgan fingerprint density at radius 2 is 1.74 bits per heavy atom. The number of rotatable bonds is 8. The first-order valence-corrected chi connectivity index (χ1v) is 12.0. The predicted octanol–water partition coefficient (Wildman–Crippen LogP) is 5.00. The van der Waals surface area contributed by atoms with E-state index in [1.54, 1.807) is 18.6 Å². The monoisotopic (exact) mass is 470 g/mol. The summed E-state index contributed by atoms with van der Waals surface area (Å²) in [6.45, 7) is 6.35. The van der Waals surface area contributed by atoms with Crippen LogP contribution in [0.1, 0.15) is 36.5 Å². The Balaban J connectivity index is 1.45. The van der Waals surface area contributed by atoms with E-state index in [1.165, 1.54) is 17.3 Å². The van der Waals surface area contributed by atoms with Crippen molar-refractivity contribution in [1.29, 1.82) is 0 Å². The van der Waals surface area contributed by atoms with Crippen LogP contribution in [-0.4, -0.2) is 37.6 Å². The third-order valence-corrected chi connectivity index (χ3v) is 6.13. The molecule has 0 aliphatic rings. The number of hydrazone groups is 1. The van der Waals surface area contributed by atoms with Gasteiger partial charge in [-0.1, -0.05) is 67.6 Å². The van der Waals surface area contributed by atoms with E-state index in [0.717, 1.165) is 22.4 Å². The zero-order valence-corrected chi connectivity index (χ0v) is 20.2. The molecule has 0 radical (unpaired) electrons. The summed E-state index contributed by atoms with van der Waals surface area (Å²) in [7, 11) is 0. The summed E-state index contributed by atoms with van der Waals surface area (Å²) < 4.78 is 1.95. The summed E-state index contributed by atoms with van der Waals surface area (Å²) in [6, 6.07) is 20.0. The summed E-state index contributed by atoms with van der Waals surface area (Å²) in [5.74, 6) is 1.11. The van der Waals surface area contributed by atoms with E-state index in [0.29, 0.717) is 16.9 Å². The highest BCUT2D eigenvalue weighted by atomic mass is 32.2. The highest BCUT2D eigenvalue weighted by Gasteiger charge is 2.17. The number of pyridine rings is 1. The molecular formula is C26H26N6OS. The lowest BCUT2D eigenvalue weighted by Gasteiger charge is -2.10. The van der Waals surface area contributed by atoms with E-state index in [4.69, 9.17) is 0 Å². The highest BCUT2D eigenvalue weighted by Crippen LogP contribution is 2.27. The minimum absolute atomic E-state index is 0.157. The number of nitrogens with one attached hydrogen (secondary N) is 1. The second-order valence-electron chi connectivity index (χ2n) is 8.12. The van der Waals surface area contributed by atoms with Crippen LogP contribution in [0.4, 0.5) is 0 Å². The fourth-order valence-electron chi connectivity index (χ4n) is 3.29. The Kier molecular flexibility index (Phi) is 7.49. The van der Waals surface area contributed by atoms with E-state index in [2.05, 4.69) is 51.7 Å². The lowest BCUT2D eigenvalue weighted by Crippen LogP contribution is -2.20. The van der Waals surface area contributed by atoms with Crippen LogP contribution in [-0.2, 0) is 4.79 Å². The fourth-order valence-corrected chi connectivity index (χ4v) is 4.03. The van der Waals surface area contributed by atoms with Crippen LogP contribution in [0.25, 0.3) is 17.1 Å². The smallest absolute Gasteiger partial charge is 0.250 e. The third kappa shape index (κ3) is 5.77. The maximum Gasteiger partial charge on any atom is 0.250 e. The molecule has 0 aliphatic heterocycles. The number of hydrogen-bond donors (Lipinski definition) is 1. The number of benzene rings is 2. The molecule has 0 saturated heterocycles. The van der Waals surface area contributed by atoms with Gasteiger partial charge in [0.15, 0.2) is 11.0 Å². The molecule has 0 spiro atoms. The normalized spacial score (nSPS) is 11.3. The number of aromatic nitrogens is 4. The Labute approximate surface area is 203 Å². The molecule has 0 unspecified atom stereocenters. The average Bonchev–Trinajstić information content (AvgIpc) is 3.28. The van der Waals surface area contributed by atoms with Gasteiger partial charge in [0.2, 0.25) is 0 Å². The summed E-state index contributed by atoms with van der Waals surface area (Å²) in [5, 5.41) is 13.4. The van der Waals surface area contributed by atoms with Gasteiger partial charge in [0, 0.05) is 23.6 Å². The molecule has 1 N–H and O–H groups in total. The lowest BCUT2D eigenvalue weighted by atomic mass is 10.0. The van der Waals surface area contributed by atoms with Crippen molar-refractivity contribution in [3.05, 3.63) is 89.7 Å². The summed E-state index contributed by atoms with van der Waals surface area (Å²) >= 11 is 1.31. The molecule has 0 saturated carbocycles. The van der Waals surface area contributed by atoms with Gasteiger partial charge in [0.25, 0.3) is 5.91 Å². The van der Waals surface area contributed by atoms with Gasteiger partial charge in [-0.05, 0) is 48.2 Å². The molecular weight excluding hydrogens is 444 g/mol. The van der Waals surface area contributed by atoms with Gasteiger partial charge in [-0.25, -0.2) is 5.43 Å². The molecule has 4 rings (SSSR count). The molecule has 0 fully saturated rings. The Bertz CT molecular complexity index is 1270. The van der Waals surface area contributed by atoms with Crippen LogP contribution < -0.4 is 5.43 Å². The Morgan fingerprint density at radius 1 is 1.03 bits per heavy atom. The Morgan fingerprint density at radius 3 is 2.41 bits per heavy atom. The number of thioether (sulfide) groups is 1. The summed E-state index contributed by atoms with van der Waals surface area (Å²) in [6.07, 6.45) is 5.08. The van der Waals surface area contributed by atoms with Gasteiger partial charge < -0.3 is 0 Å². The molecule has 7 nitrogen and oxygen atoms in total. The van der Waals surface area contributed by atoms with Crippen molar-refractivity contribution in [2.24, 2.45) is 5.10 Å². The summed E-state index contributed by atoms with van der Waals surface area (Å²) in [4.78, 5) is 16.5. The molecule has 1 amide bonds. The van der Waals surface area contributed by atoms with Gasteiger partial charge in [-0.15, -0.1) is 10.2 Å². The molecule has 172 valence electrons. The van der Waals surface area contributed by atoms with Crippen molar-refractivity contribution in [2.75, 3.05) is 5.75 Å². The van der Waals surface area contributed by atoms with Crippen molar-refractivity contribution in [1.82, 2.24) is 25.2 Å². The first-order valence-electron chi connectivity index (χ1n) is 11.0. The van der Waals surface area contributed by atoms with Gasteiger partial charge in [-0.3, -0.25) is 14.3 Å².